The minimum Gasteiger partial charge on any atom is -0.352 e. The summed E-state index contributed by atoms with van der Waals surface area (Å²) in [6.45, 7) is 6.72. The summed E-state index contributed by atoms with van der Waals surface area (Å²) in [7, 11) is 0. The zero-order valence-corrected chi connectivity index (χ0v) is 16.4. The van der Waals surface area contributed by atoms with E-state index >= 15 is 0 Å². The smallest absolute Gasteiger partial charge is 0.329 e. The van der Waals surface area contributed by atoms with Crippen LogP contribution in [0.1, 0.15) is 33.6 Å². The van der Waals surface area contributed by atoms with Crippen molar-refractivity contribution >= 4 is 22.7 Å². The third-order valence-electron chi connectivity index (χ3n) is 5.00. The Bertz CT molecular complexity index is 1010. The van der Waals surface area contributed by atoms with E-state index in [0.717, 1.165) is 0 Å². The van der Waals surface area contributed by atoms with Crippen molar-refractivity contribution in [1.29, 1.82) is 0 Å². The van der Waals surface area contributed by atoms with Crippen LogP contribution in [-0.4, -0.2) is 45.4 Å². The van der Waals surface area contributed by atoms with E-state index in [2.05, 4.69) is 10.3 Å². The van der Waals surface area contributed by atoms with Crippen LogP contribution < -0.4 is 16.6 Å². The summed E-state index contributed by atoms with van der Waals surface area (Å²) >= 11 is 0. The van der Waals surface area contributed by atoms with Crippen LogP contribution >= 0.6 is 0 Å². The maximum Gasteiger partial charge on any atom is 0.329 e. The van der Waals surface area contributed by atoms with Crippen molar-refractivity contribution < 1.29 is 9.59 Å². The molecule has 1 aliphatic rings. The van der Waals surface area contributed by atoms with Gasteiger partial charge in [-0.2, -0.15) is 0 Å². The Kier molecular flexibility index (Phi) is 5.40. The molecule has 2 N–H and O–H groups in total. The minimum absolute atomic E-state index is 0.0405. The maximum absolute atomic E-state index is 12.5. The van der Waals surface area contributed by atoms with Gasteiger partial charge in [0.2, 0.25) is 11.8 Å². The number of benzene rings is 1. The van der Waals surface area contributed by atoms with Crippen molar-refractivity contribution in [2.45, 2.75) is 46.2 Å². The number of hydrogen-bond acceptors (Lipinski definition) is 4. The lowest BCUT2D eigenvalue weighted by molar-refractivity contribution is -0.140. The quantitative estimate of drug-likeness (QED) is 0.816. The molecule has 2 heterocycles. The zero-order chi connectivity index (χ0) is 20.5. The predicted molar refractivity (Wildman–Crippen MR) is 106 cm³/mol. The molecular weight excluding hydrogens is 360 g/mol. The SMILES string of the molecule is CC(C)(C)C(=O)N1CCC(NC(=O)Cn2c(=O)[nH]c(=O)c3ccccc32)CC1. The Morgan fingerprint density at radius 2 is 1.79 bits per heavy atom. The summed E-state index contributed by atoms with van der Waals surface area (Å²) in [5.41, 5.74) is -1.06. The van der Waals surface area contributed by atoms with Crippen molar-refractivity contribution in [3.63, 3.8) is 0 Å². The van der Waals surface area contributed by atoms with Crippen LogP contribution in [0.25, 0.3) is 10.9 Å². The van der Waals surface area contributed by atoms with E-state index in [0.29, 0.717) is 36.8 Å². The molecule has 0 radical (unpaired) electrons. The number of amides is 2. The second kappa shape index (κ2) is 7.61. The summed E-state index contributed by atoms with van der Waals surface area (Å²) in [6.07, 6.45) is 1.35. The number of nitrogens with one attached hydrogen (secondary N) is 2. The number of piperidine rings is 1. The largest absolute Gasteiger partial charge is 0.352 e. The Morgan fingerprint density at radius 3 is 2.43 bits per heavy atom. The number of fused-ring (bicyclic) bond motifs is 1. The number of aromatic amines is 1. The molecule has 0 unspecified atom stereocenters. The van der Waals surface area contributed by atoms with Crippen molar-refractivity contribution in [3.8, 4) is 0 Å². The molecule has 1 fully saturated rings. The van der Waals surface area contributed by atoms with Gasteiger partial charge >= 0.3 is 5.69 Å². The lowest BCUT2D eigenvalue weighted by Crippen LogP contribution is -2.50. The summed E-state index contributed by atoms with van der Waals surface area (Å²) < 4.78 is 1.27. The lowest BCUT2D eigenvalue weighted by Gasteiger charge is -2.36. The van der Waals surface area contributed by atoms with Crippen LogP contribution in [-0.2, 0) is 16.1 Å². The number of para-hydroxylation sites is 1. The first-order valence-electron chi connectivity index (χ1n) is 9.47. The molecule has 2 amide bonds. The molecule has 0 aliphatic carbocycles. The molecule has 0 saturated carbocycles. The molecular formula is C20H26N4O4. The minimum atomic E-state index is -0.607. The molecule has 8 nitrogen and oxygen atoms in total. The molecule has 2 aromatic rings. The monoisotopic (exact) mass is 386 g/mol. The first kappa shape index (κ1) is 19.9. The van der Waals surface area contributed by atoms with Gasteiger partial charge in [-0.05, 0) is 25.0 Å². The zero-order valence-electron chi connectivity index (χ0n) is 16.4. The predicted octanol–water partition coefficient (Wildman–Crippen LogP) is 0.843. The number of rotatable bonds is 3. The van der Waals surface area contributed by atoms with E-state index < -0.39 is 16.7 Å². The van der Waals surface area contributed by atoms with Crippen LogP contribution in [0.3, 0.4) is 0 Å². The van der Waals surface area contributed by atoms with E-state index in [1.165, 1.54) is 4.57 Å². The molecule has 28 heavy (non-hydrogen) atoms. The topological polar surface area (TPSA) is 104 Å². The highest BCUT2D eigenvalue weighted by atomic mass is 16.2. The fourth-order valence-corrected chi connectivity index (χ4v) is 3.52. The molecule has 0 spiro atoms. The number of carbonyl (C=O) groups is 2. The third kappa shape index (κ3) is 4.16. The number of H-pyrrole nitrogens is 1. The number of hydrogen-bond donors (Lipinski definition) is 2. The van der Waals surface area contributed by atoms with Gasteiger partial charge < -0.3 is 10.2 Å². The van der Waals surface area contributed by atoms with Gasteiger partial charge in [-0.15, -0.1) is 0 Å². The van der Waals surface area contributed by atoms with Crippen LogP contribution in [0, 0.1) is 5.41 Å². The van der Waals surface area contributed by atoms with Gasteiger partial charge in [0.05, 0.1) is 10.9 Å². The van der Waals surface area contributed by atoms with Crippen LogP contribution in [0.15, 0.2) is 33.9 Å². The van der Waals surface area contributed by atoms with Crippen molar-refractivity contribution in [2.24, 2.45) is 5.41 Å². The Balaban J connectivity index is 1.65. The molecule has 8 heteroatoms. The standard InChI is InChI=1S/C20H26N4O4/c1-20(2,3)18(27)23-10-8-13(9-11-23)21-16(25)12-24-15-7-5-4-6-14(15)17(26)22-19(24)28/h4-7,13H,8-12H2,1-3H3,(H,21,25)(H,22,26,28). The number of likely N-dealkylation sites (tertiary alicyclic amines) is 1. The van der Waals surface area contributed by atoms with Crippen molar-refractivity contribution in [3.05, 3.63) is 45.1 Å². The van der Waals surface area contributed by atoms with E-state index in [-0.39, 0.29) is 24.4 Å². The molecule has 0 bridgehead atoms. The van der Waals surface area contributed by atoms with Crippen molar-refractivity contribution in [1.82, 2.24) is 19.8 Å². The first-order chi connectivity index (χ1) is 13.2. The van der Waals surface area contributed by atoms with Gasteiger partial charge in [-0.1, -0.05) is 32.9 Å². The van der Waals surface area contributed by atoms with Gasteiger partial charge in [0.25, 0.3) is 5.56 Å². The Morgan fingerprint density at radius 1 is 1.14 bits per heavy atom. The number of nitrogens with zero attached hydrogens (tertiary/aromatic N) is 2. The van der Waals surface area contributed by atoms with E-state index in [9.17, 15) is 19.2 Å². The maximum atomic E-state index is 12.5. The van der Waals surface area contributed by atoms with Crippen LogP contribution in [0.5, 0.6) is 0 Å². The molecule has 1 aromatic heterocycles. The summed E-state index contributed by atoms with van der Waals surface area (Å²) in [5.74, 6) is -0.177. The molecule has 1 aromatic carbocycles. The lowest BCUT2D eigenvalue weighted by atomic mass is 9.93. The third-order valence-corrected chi connectivity index (χ3v) is 5.00. The molecule has 150 valence electrons. The highest BCUT2D eigenvalue weighted by Crippen LogP contribution is 2.21. The Hall–Kier alpha value is -2.90. The van der Waals surface area contributed by atoms with E-state index in [4.69, 9.17) is 0 Å². The first-order valence-corrected chi connectivity index (χ1v) is 9.47. The highest BCUT2D eigenvalue weighted by molar-refractivity contribution is 5.82. The second-order valence-electron chi connectivity index (χ2n) is 8.25. The molecule has 3 rings (SSSR count). The fourth-order valence-electron chi connectivity index (χ4n) is 3.52. The highest BCUT2D eigenvalue weighted by Gasteiger charge is 2.30. The van der Waals surface area contributed by atoms with Gasteiger partial charge in [0.1, 0.15) is 6.54 Å². The average Bonchev–Trinajstić information content (AvgIpc) is 2.64. The van der Waals surface area contributed by atoms with Gasteiger partial charge in [-0.3, -0.25) is 23.9 Å². The summed E-state index contributed by atoms with van der Waals surface area (Å²) in [5, 5.41) is 3.31. The molecule has 0 atom stereocenters. The van der Waals surface area contributed by atoms with Gasteiger partial charge in [0.15, 0.2) is 0 Å². The number of carbonyl (C=O) groups excluding carboxylic acids is 2. The molecule has 1 aliphatic heterocycles. The summed E-state index contributed by atoms with van der Waals surface area (Å²) in [6, 6.07) is 6.65. The van der Waals surface area contributed by atoms with Gasteiger partial charge in [-0.25, -0.2) is 4.79 Å². The fraction of sp³-hybridized carbons (Fsp3) is 0.500. The average molecular weight is 386 g/mol. The normalized spacial score (nSPS) is 15.6. The summed E-state index contributed by atoms with van der Waals surface area (Å²) in [4.78, 5) is 53.0. The van der Waals surface area contributed by atoms with Crippen LogP contribution in [0.4, 0.5) is 0 Å². The molecule has 1 saturated heterocycles. The van der Waals surface area contributed by atoms with Gasteiger partial charge in [0, 0.05) is 24.5 Å². The van der Waals surface area contributed by atoms with Crippen LogP contribution in [0.2, 0.25) is 0 Å². The Labute approximate surface area is 162 Å². The van der Waals surface area contributed by atoms with E-state index in [1.54, 1.807) is 24.3 Å². The number of aromatic nitrogens is 2. The second-order valence-corrected chi connectivity index (χ2v) is 8.25. The van der Waals surface area contributed by atoms with Crippen molar-refractivity contribution in [2.75, 3.05) is 13.1 Å². The van der Waals surface area contributed by atoms with E-state index in [1.807, 2.05) is 25.7 Å².